The Hall–Kier alpha value is -1.82. The largest absolute Gasteiger partial charge is 0.484 e. The number of guanidine groups is 1. The number of hydrogen-bond acceptors (Lipinski definition) is 3. The summed E-state index contributed by atoms with van der Waals surface area (Å²) in [5.74, 6) is 1.58. The van der Waals surface area contributed by atoms with Gasteiger partial charge in [0.2, 0.25) is 0 Å². The van der Waals surface area contributed by atoms with Gasteiger partial charge in [-0.2, -0.15) is 13.2 Å². The van der Waals surface area contributed by atoms with E-state index in [9.17, 15) is 17.4 Å². The van der Waals surface area contributed by atoms with E-state index in [1.807, 2.05) is 30.3 Å². The van der Waals surface area contributed by atoms with Crippen LogP contribution in [-0.4, -0.2) is 42.3 Å². The average Bonchev–Trinajstić information content (AvgIpc) is 2.70. The molecule has 0 aromatic heterocycles. The molecule has 0 saturated heterocycles. The zero-order valence-electron chi connectivity index (χ0n) is 17.4. The number of aliphatic imine (C=N–C) groups is 1. The van der Waals surface area contributed by atoms with Gasteiger partial charge in [0.15, 0.2) is 12.6 Å². The molecule has 0 fully saturated rings. The fourth-order valence-electron chi connectivity index (χ4n) is 2.62. The third-order valence-corrected chi connectivity index (χ3v) is 5.39. The molecule has 0 aliphatic carbocycles. The van der Waals surface area contributed by atoms with Gasteiger partial charge in [0.05, 0.1) is 0 Å². The summed E-state index contributed by atoms with van der Waals surface area (Å²) in [6, 6.07) is 14.7. The Labute approximate surface area is 200 Å². The maximum atomic E-state index is 12.5. The number of rotatable bonds is 9. The van der Waals surface area contributed by atoms with E-state index in [-0.39, 0.29) is 36.3 Å². The molecule has 1 unspecified atom stereocenters. The molecule has 0 bridgehead atoms. The molecule has 0 aliphatic rings. The first-order valence-corrected chi connectivity index (χ1v) is 10.9. The predicted octanol–water partition coefficient (Wildman–Crippen LogP) is 4.17. The Morgan fingerprint density at radius 2 is 1.84 bits per heavy atom. The van der Waals surface area contributed by atoms with E-state index >= 15 is 0 Å². The highest BCUT2D eigenvalue weighted by Crippen LogP contribution is 2.23. The number of benzene rings is 2. The van der Waals surface area contributed by atoms with Gasteiger partial charge in [0.1, 0.15) is 5.75 Å². The summed E-state index contributed by atoms with van der Waals surface area (Å²) in [6.45, 7) is 1.13. The van der Waals surface area contributed by atoms with E-state index in [1.165, 1.54) is 0 Å². The Kier molecular flexibility index (Phi) is 11.9. The van der Waals surface area contributed by atoms with Crippen LogP contribution in [0.1, 0.15) is 16.7 Å². The lowest BCUT2D eigenvalue weighted by Crippen LogP contribution is -2.38. The number of aryl methyl sites for hydroxylation is 1. The van der Waals surface area contributed by atoms with Crippen LogP contribution in [0.3, 0.4) is 0 Å². The van der Waals surface area contributed by atoms with Crippen LogP contribution in [0, 0.1) is 6.92 Å². The number of nitrogens with zero attached hydrogens (tertiary/aromatic N) is 1. The van der Waals surface area contributed by atoms with Crippen molar-refractivity contribution in [3.05, 3.63) is 65.2 Å². The van der Waals surface area contributed by atoms with Gasteiger partial charge >= 0.3 is 6.18 Å². The van der Waals surface area contributed by atoms with Gasteiger partial charge in [0, 0.05) is 48.0 Å². The molecule has 2 aromatic rings. The molecule has 0 spiro atoms. The maximum absolute atomic E-state index is 12.5. The van der Waals surface area contributed by atoms with E-state index in [1.54, 1.807) is 32.2 Å². The molecule has 0 amide bonds. The minimum absolute atomic E-state index is 0. The molecule has 0 heterocycles. The molecule has 2 aromatic carbocycles. The second kappa shape index (κ2) is 13.6. The predicted molar refractivity (Wildman–Crippen MR) is 130 cm³/mol. The molecule has 2 rings (SSSR count). The minimum Gasteiger partial charge on any atom is -0.484 e. The Balaban J connectivity index is 0.00000480. The summed E-state index contributed by atoms with van der Waals surface area (Å²) in [4.78, 5) is 4.09. The Bertz CT molecular complexity index is 865. The van der Waals surface area contributed by atoms with Gasteiger partial charge in [-0.25, -0.2) is 0 Å². The van der Waals surface area contributed by atoms with Crippen molar-refractivity contribution >= 4 is 40.7 Å². The van der Waals surface area contributed by atoms with Gasteiger partial charge < -0.3 is 15.4 Å². The second-order valence-electron chi connectivity index (χ2n) is 6.64. The van der Waals surface area contributed by atoms with E-state index in [0.717, 1.165) is 11.1 Å². The van der Waals surface area contributed by atoms with Crippen molar-refractivity contribution in [2.75, 3.05) is 26.0 Å². The second-order valence-corrected chi connectivity index (χ2v) is 8.22. The van der Waals surface area contributed by atoms with Crippen molar-refractivity contribution in [1.82, 2.24) is 10.6 Å². The SMILES string of the molecule is CN=C(NCCS(=O)Cc1ccccc1)NCc1ccc(C)cc1OCC(F)(F)F.I. The minimum atomic E-state index is -4.40. The number of alkyl halides is 3. The van der Waals surface area contributed by atoms with E-state index in [2.05, 4.69) is 15.6 Å². The van der Waals surface area contributed by atoms with Crippen LogP contribution in [0.5, 0.6) is 5.75 Å². The first-order valence-electron chi connectivity index (χ1n) is 9.39. The molecular formula is C21H27F3IN3O2S. The molecule has 1 atom stereocenters. The van der Waals surface area contributed by atoms with Crippen LogP contribution >= 0.6 is 24.0 Å². The zero-order valence-corrected chi connectivity index (χ0v) is 20.5. The van der Waals surface area contributed by atoms with Crippen molar-refractivity contribution in [3.8, 4) is 5.75 Å². The van der Waals surface area contributed by atoms with Gasteiger partial charge in [-0.1, -0.05) is 42.5 Å². The summed E-state index contributed by atoms with van der Waals surface area (Å²) >= 11 is 0. The van der Waals surface area contributed by atoms with Gasteiger partial charge in [-0.05, 0) is 24.1 Å². The van der Waals surface area contributed by atoms with Gasteiger partial charge in [-0.15, -0.1) is 24.0 Å². The molecular weight excluding hydrogens is 542 g/mol. The third-order valence-electron chi connectivity index (χ3n) is 4.08. The van der Waals surface area contributed by atoms with Crippen LogP contribution < -0.4 is 15.4 Å². The average molecular weight is 569 g/mol. The number of halogens is 4. The summed E-state index contributed by atoms with van der Waals surface area (Å²) in [6.07, 6.45) is -4.40. The van der Waals surface area contributed by atoms with Crippen LogP contribution in [0.25, 0.3) is 0 Å². The highest BCUT2D eigenvalue weighted by molar-refractivity contribution is 14.0. The lowest BCUT2D eigenvalue weighted by atomic mass is 10.1. The lowest BCUT2D eigenvalue weighted by Gasteiger charge is -2.16. The molecule has 0 saturated carbocycles. The first-order chi connectivity index (χ1) is 14.3. The van der Waals surface area contributed by atoms with E-state index in [0.29, 0.717) is 29.6 Å². The Morgan fingerprint density at radius 3 is 2.48 bits per heavy atom. The van der Waals surface area contributed by atoms with Crippen molar-refractivity contribution in [3.63, 3.8) is 0 Å². The van der Waals surface area contributed by atoms with Crippen LogP contribution in [0.15, 0.2) is 53.5 Å². The summed E-state index contributed by atoms with van der Waals surface area (Å²) < 4.78 is 54.6. The van der Waals surface area contributed by atoms with Crippen molar-refractivity contribution < 1.29 is 22.1 Å². The highest BCUT2D eigenvalue weighted by atomic mass is 127. The molecule has 172 valence electrons. The monoisotopic (exact) mass is 569 g/mol. The fraction of sp³-hybridized carbons (Fsp3) is 0.381. The van der Waals surface area contributed by atoms with E-state index < -0.39 is 23.6 Å². The highest BCUT2D eigenvalue weighted by Gasteiger charge is 2.28. The smallest absolute Gasteiger partial charge is 0.422 e. The number of nitrogens with one attached hydrogen (secondary N) is 2. The lowest BCUT2D eigenvalue weighted by molar-refractivity contribution is -0.153. The van der Waals surface area contributed by atoms with Crippen molar-refractivity contribution in [1.29, 1.82) is 0 Å². The van der Waals surface area contributed by atoms with Crippen LogP contribution in [-0.2, 0) is 23.1 Å². The van der Waals surface area contributed by atoms with E-state index in [4.69, 9.17) is 4.74 Å². The molecule has 5 nitrogen and oxygen atoms in total. The normalized spacial score (nSPS) is 12.6. The molecule has 0 radical (unpaired) electrons. The molecule has 2 N–H and O–H groups in total. The molecule has 31 heavy (non-hydrogen) atoms. The fourth-order valence-corrected chi connectivity index (χ4v) is 3.66. The topological polar surface area (TPSA) is 62.7 Å². The van der Waals surface area contributed by atoms with Gasteiger partial charge in [0.25, 0.3) is 0 Å². The standard InChI is InChI=1S/C21H26F3N3O2S.HI/c1-16-8-9-18(19(12-16)29-15-21(22,23)24)13-27-20(25-2)26-10-11-30(28)14-17-6-4-3-5-7-17;/h3-9,12H,10-11,13-15H2,1-2H3,(H2,25,26,27);1H. The van der Waals surface area contributed by atoms with Crippen molar-refractivity contribution in [2.24, 2.45) is 4.99 Å². The summed E-state index contributed by atoms with van der Waals surface area (Å²) in [7, 11) is 0.571. The maximum Gasteiger partial charge on any atom is 0.422 e. The summed E-state index contributed by atoms with van der Waals surface area (Å²) in [5, 5.41) is 6.11. The number of hydrogen-bond donors (Lipinski definition) is 2. The van der Waals surface area contributed by atoms with Crippen molar-refractivity contribution in [2.45, 2.75) is 25.4 Å². The Morgan fingerprint density at radius 1 is 1.13 bits per heavy atom. The third kappa shape index (κ3) is 10.9. The summed E-state index contributed by atoms with van der Waals surface area (Å²) in [5.41, 5.74) is 2.41. The number of ether oxygens (including phenoxy) is 1. The quantitative estimate of drug-likeness (QED) is 0.271. The van der Waals surface area contributed by atoms with Gasteiger partial charge in [-0.3, -0.25) is 9.20 Å². The molecule has 10 heteroatoms. The van der Waals surface area contributed by atoms with Crippen LogP contribution in [0.4, 0.5) is 13.2 Å². The first kappa shape index (κ1) is 27.2. The van der Waals surface area contributed by atoms with Crippen LogP contribution in [0.2, 0.25) is 0 Å². The molecule has 0 aliphatic heterocycles. The zero-order chi connectivity index (χ0) is 22.0.